The third-order valence-electron chi connectivity index (χ3n) is 2.20. The monoisotopic (exact) mass is 233 g/mol. The highest BCUT2D eigenvalue weighted by Crippen LogP contribution is 2.05. The van der Waals surface area contributed by atoms with Gasteiger partial charge in [0.25, 0.3) is 0 Å². The van der Waals surface area contributed by atoms with Gasteiger partial charge >= 0.3 is 5.97 Å². The average Bonchev–Trinajstić information content (AvgIpc) is 2.18. The summed E-state index contributed by atoms with van der Waals surface area (Å²) in [5.41, 5.74) is 0. The lowest BCUT2D eigenvalue weighted by molar-refractivity contribution is -0.133. The van der Waals surface area contributed by atoms with Gasteiger partial charge in [-0.1, -0.05) is 26.7 Å². The lowest BCUT2D eigenvalue weighted by Crippen LogP contribution is -2.30. The molecule has 5 heteroatoms. The van der Waals surface area contributed by atoms with Crippen LogP contribution in [-0.2, 0) is 9.59 Å². The van der Waals surface area contributed by atoms with Crippen LogP contribution in [0.4, 0.5) is 0 Å². The molecule has 88 valence electrons. The molecule has 2 N–H and O–H groups in total. The van der Waals surface area contributed by atoms with Crippen LogP contribution in [-0.4, -0.2) is 35.0 Å². The van der Waals surface area contributed by atoms with E-state index in [1.807, 2.05) is 0 Å². The summed E-state index contributed by atoms with van der Waals surface area (Å²) in [4.78, 5) is 21.4. The van der Waals surface area contributed by atoms with E-state index in [0.717, 1.165) is 24.6 Å². The van der Waals surface area contributed by atoms with E-state index < -0.39 is 5.97 Å². The van der Waals surface area contributed by atoms with Crippen molar-refractivity contribution in [3.05, 3.63) is 0 Å². The van der Waals surface area contributed by atoms with Gasteiger partial charge in [-0.15, -0.1) is 11.8 Å². The van der Waals surface area contributed by atoms with Crippen molar-refractivity contribution in [1.29, 1.82) is 0 Å². The molecule has 0 fully saturated rings. The zero-order valence-corrected chi connectivity index (χ0v) is 10.1. The molecule has 0 aliphatic rings. The smallest absolute Gasteiger partial charge is 0.313 e. The first-order valence-corrected chi connectivity index (χ1v) is 6.31. The Kier molecular flexibility index (Phi) is 8.18. The normalized spacial score (nSPS) is 10.3. The number of hydrogen-bond donors (Lipinski definition) is 2. The van der Waals surface area contributed by atoms with E-state index in [0.29, 0.717) is 12.5 Å². The van der Waals surface area contributed by atoms with Gasteiger partial charge in [0.2, 0.25) is 5.91 Å². The molecule has 0 aromatic carbocycles. The number of carboxylic acid groups (broad SMARTS) is 1. The van der Waals surface area contributed by atoms with Crippen LogP contribution in [0.25, 0.3) is 0 Å². The standard InChI is InChI=1S/C10H19NO3S/c1-3-8(4-2)5-11-9(12)6-15-7-10(13)14/h8H,3-7H2,1-2H3,(H,11,12)(H,13,14). The Balaban J connectivity index is 3.52. The van der Waals surface area contributed by atoms with Gasteiger partial charge in [0.1, 0.15) is 0 Å². The quantitative estimate of drug-likeness (QED) is 0.664. The van der Waals surface area contributed by atoms with Crippen LogP contribution in [0.3, 0.4) is 0 Å². The topological polar surface area (TPSA) is 66.4 Å². The van der Waals surface area contributed by atoms with E-state index in [9.17, 15) is 9.59 Å². The van der Waals surface area contributed by atoms with Gasteiger partial charge in [0.05, 0.1) is 11.5 Å². The Bertz CT molecular complexity index is 205. The van der Waals surface area contributed by atoms with Gasteiger partial charge in [0, 0.05) is 6.54 Å². The van der Waals surface area contributed by atoms with Crippen molar-refractivity contribution in [2.24, 2.45) is 5.92 Å². The second-order valence-electron chi connectivity index (χ2n) is 3.37. The molecule has 0 unspecified atom stereocenters. The molecule has 1 amide bonds. The summed E-state index contributed by atoms with van der Waals surface area (Å²) < 4.78 is 0. The first-order chi connectivity index (χ1) is 7.10. The van der Waals surface area contributed by atoms with E-state index in [4.69, 9.17) is 5.11 Å². The maximum Gasteiger partial charge on any atom is 0.313 e. The summed E-state index contributed by atoms with van der Waals surface area (Å²) in [5.74, 6) is -0.218. The Morgan fingerprint density at radius 1 is 1.27 bits per heavy atom. The van der Waals surface area contributed by atoms with Crippen molar-refractivity contribution in [3.8, 4) is 0 Å². The molecule has 0 bridgehead atoms. The Morgan fingerprint density at radius 3 is 2.33 bits per heavy atom. The van der Waals surface area contributed by atoms with Crippen molar-refractivity contribution in [1.82, 2.24) is 5.32 Å². The second kappa shape index (κ2) is 8.59. The van der Waals surface area contributed by atoms with Crippen molar-refractivity contribution >= 4 is 23.6 Å². The molecule has 0 aliphatic heterocycles. The van der Waals surface area contributed by atoms with Crippen molar-refractivity contribution in [2.75, 3.05) is 18.1 Å². The molecule has 0 aromatic rings. The molecule has 0 radical (unpaired) electrons. The van der Waals surface area contributed by atoms with Crippen LogP contribution in [0.1, 0.15) is 26.7 Å². The number of carboxylic acids is 1. The summed E-state index contributed by atoms with van der Waals surface area (Å²) in [7, 11) is 0. The van der Waals surface area contributed by atoms with Crippen molar-refractivity contribution in [2.45, 2.75) is 26.7 Å². The molecule has 0 atom stereocenters. The third kappa shape index (κ3) is 8.30. The fraction of sp³-hybridized carbons (Fsp3) is 0.800. The number of hydrogen-bond acceptors (Lipinski definition) is 3. The van der Waals surface area contributed by atoms with Gasteiger partial charge in [-0.25, -0.2) is 0 Å². The number of aliphatic carboxylic acids is 1. The molecule has 15 heavy (non-hydrogen) atoms. The highest BCUT2D eigenvalue weighted by molar-refractivity contribution is 8.00. The molecular weight excluding hydrogens is 214 g/mol. The van der Waals surface area contributed by atoms with Gasteiger partial charge in [-0.3, -0.25) is 9.59 Å². The summed E-state index contributed by atoms with van der Waals surface area (Å²) in [6.45, 7) is 4.89. The van der Waals surface area contributed by atoms with Gasteiger partial charge in [-0.2, -0.15) is 0 Å². The van der Waals surface area contributed by atoms with E-state index in [2.05, 4.69) is 19.2 Å². The Hall–Kier alpha value is -0.710. The Morgan fingerprint density at radius 2 is 1.87 bits per heavy atom. The van der Waals surface area contributed by atoms with E-state index in [1.165, 1.54) is 0 Å². The predicted octanol–water partition coefficient (Wildman–Crippen LogP) is 1.36. The molecule has 0 aromatic heterocycles. The van der Waals surface area contributed by atoms with E-state index in [1.54, 1.807) is 0 Å². The molecule has 0 saturated carbocycles. The lowest BCUT2D eigenvalue weighted by Gasteiger charge is -2.12. The van der Waals surface area contributed by atoms with Gasteiger partial charge in [0.15, 0.2) is 0 Å². The predicted molar refractivity (Wildman–Crippen MR) is 62.0 cm³/mol. The molecule has 0 rings (SSSR count). The largest absolute Gasteiger partial charge is 0.481 e. The number of carbonyl (C=O) groups excluding carboxylic acids is 1. The third-order valence-corrected chi connectivity index (χ3v) is 3.12. The van der Waals surface area contributed by atoms with Crippen LogP contribution in [0, 0.1) is 5.92 Å². The minimum absolute atomic E-state index is 0.0155. The van der Waals surface area contributed by atoms with Crippen molar-refractivity contribution < 1.29 is 14.7 Å². The molecule has 0 heterocycles. The van der Waals surface area contributed by atoms with E-state index >= 15 is 0 Å². The molecule has 0 saturated heterocycles. The first-order valence-electron chi connectivity index (χ1n) is 5.16. The van der Waals surface area contributed by atoms with Gasteiger partial charge in [-0.05, 0) is 5.92 Å². The molecule has 4 nitrogen and oxygen atoms in total. The maximum atomic E-state index is 11.2. The summed E-state index contributed by atoms with van der Waals surface area (Å²) in [6, 6.07) is 0. The zero-order valence-electron chi connectivity index (χ0n) is 9.28. The van der Waals surface area contributed by atoms with Crippen LogP contribution >= 0.6 is 11.8 Å². The van der Waals surface area contributed by atoms with Crippen molar-refractivity contribution in [3.63, 3.8) is 0 Å². The van der Waals surface area contributed by atoms with Crippen LogP contribution in [0.15, 0.2) is 0 Å². The molecule has 0 spiro atoms. The van der Waals surface area contributed by atoms with Gasteiger partial charge < -0.3 is 10.4 Å². The summed E-state index contributed by atoms with van der Waals surface area (Å²) in [6.07, 6.45) is 2.11. The number of nitrogens with one attached hydrogen (secondary N) is 1. The average molecular weight is 233 g/mol. The number of rotatable bonds is 8. The molecule has 0 aliphatic carbocycles. The second-order valence-corrected chi connectivity index (χ2v) is 4.36. The SMILES string of the molecule is CCC(CC)CNC(=O)CSCC(=O)O. The number of carbonyl (C=O) groups is 2. The maximum absolute atomic E-state index is 11.2. The highest BCUT2D eigenvalue weighted by Gasteiger charge is 2.07. The fourth-order valence-electron chi connectivity index (χ4n) is 1.12. The Labute approximate surface area is 94.8 Å². The van der Waals surface area contributed by atoms with Crippen LogP contribution in [0.2, 0.25) is 0 Å². The number of thioether (sulfide) groups is 1. The summed E-state index contributed by atoms with van der Waals surface area (Å²) in [5, 5.41) is 11.2. The zero-order chi connectivity index (χ0) is 11.7. The fourth-order valence-corrected chi connectivity index (χ4v) is 1.68. The van der Waals surface area contributed by atoms with E-state index in [-0.39, 0.29) is 17.4 Å². The lowest BCUT2D eigenvalue weighted by atomic mass is 10.0. The van der Waals surface area contributed by atoms with Crippen LogP contribution in [0.5, 0.6) is 0 Å². The minimum atomic E-state index is -0.882. The van der Waals surface area contributed by atoms with Crippen LogP contribution < -0.4 is 5.32 Å². The first kappa shape index (κ1) is 14.3. The summed E-state index contributed by atoms with van der Waals surface area (Å²) >= 11 is 1.12. The highest BCUT2D eigenvalue weighted by atomic mass is 32.2. The molecular formula is C10H19NO3S. The number of amides is 1. The minimum Gasteiger partial charge on any atom is -0.481 e.